The van der Waals surface area contributed by atoms with E-state index in [-0.39, 0.29) is 45.4 Å². The lowest BCUT2D eigenvalue weighted by Gasteiger charge is -2.61. The molecule has 166 valence electrons. The molecule has 3 saturated carbocycles. The van der Waals surface area contributed by atoms with Gasteiger partial charge in [-0.05, 0) is 79.6 Å². The van der Waals surface area contributed by atoms with E-state index < -0.39 is 11.4 Å². The van der Waals surface area contributed by atoms with E-state index in [1.165, 1.54) is 17.3 Å². The Kier molecular flexibility index (Phi) is 5.50. The Morgan fingerprint density at radius 3 is 2.50 bits per heavy atom. The van der Waals surface area contributed by atoms with E-state index in [0.717, 1.165) is 32.1 Å². The fourth-order valence-corrected chi connectivity index (χ4v) is 9.25. The maximum Gasteiger partial charge on any atom is 0.310 e. The molecule has 7 atom stereocenters. The number of carboxylic acids is 1. The quantitative estimate of drug-likeness (QED) is 0.688. The lowest BCUT2D eigenvalue weighted by Crippen LogP contribution is -2.57. The van der Waals surface area contributed by atoms with E-state index in [2.05, 4.69) is 13.8 Å². The molecule has 0 saturated heterocycles. The van der Waals surface area contributed by atoms with E-state index >= 15 is 0 Å². The van der Waals surface area contributed by atoms with E-state index in [0.29, 0.717) is 25.2 Å². The molecule has 0 heterocycles. The molecular formula is C24H34O5S. The average molecular weight is 435 g/mol. The molecule has 0 amide bonds. The maximum absolute atomic E-state index is 12.5. The van der Waals surface area contributed by atoms with Crippen molar-refractivity contribution < 1.29 is 24.6 Å². The van der Waals surface area contributed by atoms with Crippen LogP contribution in [0.3, 0.4) is 0 Å². The van der Waals surface area contributed by atoms with Crippen LogP contribution in [0.4, 0.5) is 0 Å². The topological polar surface area (TPSA) is 91.7 Å². The van der Waals surface area contributed by atoms with Crippen LogP contribution in [0.5, 0.6) is 0 Å². The smallest absolute Gasteiger partial charge is 0.310 e. The molecule has 4 aliphatic rings. The zero-order chi connectivity index (χ0) is 21.9. The number of carbonyl (C=O) groups excluding carboxylic acids is 2. The van der Waals surface area contributed by atoms with Crippen LogP contribution in [-0.4, -0.2) is 38.9 Å². The molecule has 3 fully saturated rings. The van der Waals surface area contributed by atoms with Crippen LogP contribution >= 0.6 is 11.8 Å². The first kappa shape index (κ1) is 22.1. The molecule has 4 rings (SSSR count). The first-order valence-corrected chi connectivity index (χ1v) is 12.2. The summed E-state index contributed by atoms with van der Waals surface area (Å²) in [6.45, 7) is 5.94. The highest BCUT2D eigenvalue weighted by molar-refractivity contribution is 8.14. The summed E-state index contributed by atoms with van der Waals surface area (Å²) < 4.78 is 0. The second-order valence-corrected chi connectivity index (χ2v) is 12.0. The molecule has 0 spiro atoms. The summed E-state index contributed by atoms with van der Waals surface area (Å²) in [7, 11) is 0. The predicted octanol–water partition coefficient (Wildman–Crippen LogP) is 4.23. The van der Waals surface area contributed by atoms with Crippen molar-refractivity contribution in [2.24, 2.45) is 34.0 Å². The summed E-state index contributed by atoms with van der Waals surface area (Å²) >= 11 is 1.40. The number of hydrogen-bond donors (Lipinski definition) is 2. The van der Waals surface area contributed by atoms with E-state index in [1.54, 1.807) is 6.92 Å². The van der Waals surface area contributed by atoms with Crippen molar-refractivity contribution in [2.75, 3.05) is 6.61 Å². The van der Waals surface area contributed by atoms with Gasteiger partial charge in [0.25, 0.3) is 0 Å². The van der Waals surface area contributed by atoms with Crippen molar-refractivity contribution in [3.8, 4) is 0 Å². The van der Waals surface area contributed by atoms with Gasteiger partial charge in [0.15, 0.2) is 10.9 Å². The largest absolute Gasteiger partial charge is 0.481 e. The second kappa shape index (κ2) is 7.47. The minimum atomic E-state index is -0.887. The van der Waals surface area contributed by atoms with Crippen molar-refractivity contribution in [1.82, 2.24) is 0 Å². The standard InChI is InChI=1S/C24H34O5S/c1-14(26)30-19-13-15-12-16(27)4-7-22(15,2)17-5-8-23(3)18(20(17)19)6-9-24(23,10-11-25)21(28)29/h12,17-20,25H,4-11,13H2,1-3H3,(H,28,29)/t17-,18-,19+,20+,22-,23-,24+/m0/s1. The van der Waals surface area contributed by atoms with Gasteiger partial charge in [-0.1, -0.05) is 31.2 Å². The SMILES string of the molecule is CC(=O)S[C@@H]1CC2=CC(=O)CC[C@]2(C)[C@H]2CC[C@@]3(C)[C@@H](CC[C@@]3(CCO)C(=O)O)[C@H]12. The average Bonchev–Trinajstić information content (AvgIpc) is 2.96. The number of fused-ring (bicyclic) bond motifs is 5. The molecule has 0 radical (unpaired) electrons. The van der Waals surface area contributed by atoms with Crippen LogP contribution in [0.1, 0.15) is 72.1 Å². The third-order valence-electron chi connectivity index (χ3n) is 9.59. The van der Waals surface area contributed by atoms with Crippen LogP contribution in [0, 0.1) is 34.0 Å². The third-order valence-corrected chi connectivity index (χ3v) is 10.7. The molecule has 0 aromatic rings. The number of thioether (sulfide) groups is 1. The highest BCUT2D eigenvalue weighted by Crippen LogP contribution is 2.71. The lowest BCUT2D eigenvalue weighted by atomic mass is 9.45. The Morgan fingerprint density at radius 1 is 1.17 bits per heavy atom. The van der Waals surface area contributed by atoms with E-state index in [1.807, 2.05) is 6.08 Å². The fourth-order valence-electron chi connectivity index (χ4n) is 8.03. The zero-order valence-corrected chi connectivity index (χ0v) is 19.1. The summed E-state index contributed by atoms with van der Waals surface area (Å²) in [6, 6.07) is 0. The minimum absolute atomic E-state index is 0.0286. The Labute approximate surface area is 183 Å². The van der Waals surface area contributed by atoms with Gasteiger partial charge in [-0.25, -0.2) is 0 Å². The van der Waals surface area contributed by atoms with Crippen molar-refractivity contribution in [3.63, 3.8) is 0 Å². The normalized spacial score (nSPS) is 45.2. The molecule has 6 heteroatoms. The molecule has 2 N–H and O–H groups in total. The van der Waals surface area contributed by atoms with Gasteiger partial charge >= 0.3 is 5.97 Å². The first-order valence-electron chi connectivity index (χ1n) is 11.3. The molecule has 0 aliphatic heterocycles. The number of rotatable bonds is 4. The fraction of sp³-hybridized carbons (Fsp3) is 0.792. The number of aliphatic carboxylic acids is 1. The van der Waals surface area contributed by atoms with Gasteiger partial charge < -0.3 is 10.2 Å². The monoisotopic (exact) mass is 434 g/mol. The summed E-state index contributed by atoms with van der Waals surface area (Å²) in [5, 5.41) is 20.2. The third kappa shape index (κ3) is 2.96. The van der Waals surface area contributed by atoms with Crippen LogP contribution in [0.25, 0.3) is 0 Å². The minimum Gasteiger partial charge on any atom is -0.481 e. The first-order chi connectivity index (χ1) is 14.1. The van der Waals surface area contributed by atoms with Gasteiger partial charge in [0.05, 0.1) is 5.41 Å². The van der Waals surface area contributed by atoms with Gasteiger partial charge in [-0.2, -0.15) is 0 Å². The van der Waals surface area contributed by atoms with Crippen LogP contribution < -0.4 is 0 Å². The number of ketones is 1. The van der Waals surface area contributed by atoms with Crippen LogP contribution in [-0.2, 0) is 14.4 Å². The van der Waals surface area contributed by atoms with Gasteiger partial charge in [-0.3, -0.25) is 14.4 Å². The van der Waals surface area contributed by atoms with Crippen molar-refractivity contribution in [2.45, 2.75) is 77.4 Å². The highest BCUT2D eigenvalue weighted by atomic mass is 32.2. The number of carboxylic acid groups (broad SMARTS) is 1. The zero-order valence-electron chi connectivity index (χ0n) is 18.3. The Balaban J connectivity index is 1.78. The molecule has 4 aliphatic carbocycles. The molecule has 5 nitrogen and oxygen atoms in total. The Morgan fingerprint density at radius 2 is 1.87 bits per heavy atom. The van der Waals surface area contributed by atoms with E-state index in [4.69, 9.17) is 0 Å². The lowest BCUT2D eigenvalue weighted by molar-refractivity contribution is -0.165. The number of aliphatic hydroxyl groups is 1. The number of allylic oxidation sites excluding steroid dienone is 1. The summed E-state index contributed by atoms with van der Waals surface area (Å²) in [5.74, 6) is 0.294. The van der Waals surface area contributed by atoms with Gasteiger partial charge in [0.1, 0.15) is 0 Å². The Bertz CT molecular complexity index is 805. The van der Waals surface area contributed by atoms with Gasteiger partial charge in [0.2, 0.25) is 0 Å². The number of carbonyl (C=O) groups is 3. The van der Waals surface area contributed by atoms with Crippen LogP contribution in [0.2, 0.25) is 0 Å². The second-order valence-electron chi connectivity index (χ2n) is 10.6. The summed E-state index contributed by atoms with van der Waals surface area (Å²) in [6.07, 6.45) is 7.54. The van der Waals surface area contributed by atoms with E-state index in [9.17, 15) is 24.6 Å². The molecule has 0 aromatic carbocycles. The summed E-state index contributed by atoms with van der Waals surface area (Å²) in [5.41, 5.74) is -0.0812. The van der Waals surface area contributed by atoms with Gasteiger partial charge in [-0.15, -0.1) is 0 Å². The maximum atomic E-state index is 12.5. The number of aliphatic hydroxyl groups excluding tert-OH is 1. The molecule has 0 aromatic heterocycles. The van der Waals surface area contributed by atoms with Crippen molar-refractivity contribution >= 4 is 28.6 Å². The Hall–Kier alpha value is -1.14. The number of hydrogen-bond acceptors (Lipinski definition) is 5. The van der Waals surface area contributed by atoms with Crippen molar-refractivity contribution in [1.29, 1.82) is 0 Å². The van der Waals surface area contributed by atoms with Crippen LogP contribution in [0.15, 0.2) is 11.6 Å². The molecule has 0 bridgehead atoms. The molecular weight excluding hydrogens is 400 g/mol. The predicted molar refractivity (Wildman–Crippen MR) is 116 cm³/mol. The summed E-state index contributed by atoms with van der Waals surface area (Å²) in [4.78, 5) is 36.8. The molecule has 0 unspecified atom stereocenters. The van der Waals surface area contributed by atoms with Crippen molar-refractivity contribution in [3.05, 3.63) is 11.6 Å². The highest BCUT2D eigenvalue weighted by Gasteiger charge is 2.68. The molecule has 30 heavy (non-hydrogen) atoms. The van der Waals surface area contributed by atoms with Gasteiger partial charge in [0, 0.05) is 25.2 Å².